The van der Waals surface area contributed by atoms with Crippen LogP contribution in [0.4, 0.5) is 10.5 Å². The van der Waals surface area contributed by atoms with Gasteiger partial charge >= 0.3 is 6.03 Å². The molecular formula is C29H33N7O3. The second-order valence-electron chi connectivity index (χ2n) is 9.52. The normalized spacial score (nSPS) is 13.8. The minimum Gasteiger partial charge on any atom is -0.496 e. The Morgan fingerprint density at radius 3 is 2.54 bits per heavy atom. The van der Waals surface area contributed by atoms with E-state index in [1.165, 1.54) is 0 Å². The minimum atomic E-state index is -0.407. The number of aromatic nitrogens is 3. The molecule has 0 unspecified atom stereocenters. The summed E-state index contributed by atoms with van der Waals surface area (Å²) in [6, 6.07) is 15.5. The average molecular weight is 528 g/mol. The van der Waals surface area contributed by atoms with Crippen molar-refractivity contribution in [1.29, 1.82) is 0 Å². The summed E-state index contributed by atoms with van der Waals surface area (Å²) in [6.07, 6.45) is 4.79. The van der Waals surface area contributed by atoms with Crippen molar-refractivity contribution in [2.45, 2.75) is 38.9 Å². The Morgan fingerprint density at radius 2 is 1.85 bits per heavy atom. The third kappa shape index (κ3) is 5.36. The number of fused-ring (bicyclic) bond motifs is 1. The van der Waals surface area contributed by atoms with Crippen molar-refractivity contribution in [2.75, 3.05) is 25.5 Å². The first-order chi connectivity index (χ1) is 19.0. The topological polar surface area (TPSA) is 127 Å². The molecule has 202 valence electrons. The van der Waals surface area contributed by atoms with Crippen LogP contribution in [0.1, 0.15) is 35.7 Å². The number of nitrogens with two attached hydrogens (primary N) is 1. The highest BCUT2D eigenvalue weighted by Crippen LogP contribution is 2.32. The van der Waals surface area contributed by atoms with Gasteiger partial charge in [0.15, 0.2) is 5.65 Å². The van der Waals surface area contributed by atoms with Crippen molar-refractivity contribution in [3.05, 3.63) is 72.1 Å². The van der Waals surface area contributed by atoms with Gasteiger partial charge in [-0.1, -0.05) is 42.5 Å². The van der Waals surface area contributed by atoms with Crippen molar-refractivity contribution >= 4 is 28.7 Å². The Morgan fingerprint density at radius 1 is 1.08 bits per heavy atom. The van der Waals surface area contributed by atoms with E-state index in [-0.39, 0.29) is 18.5 Å². The number of methoxy groups -OCH3 is 1. The lowest BCUT2D eigenvalue weighted by atomic mass is 9.98. The molecular weight excluding hydrogens is 494 g/mol. The molecule has 3 amide bonds. The molecule has 1 saturated heterocycles. The van der Waals surface area contributed by atoms with E-state index in [4.69, 9.17) is 10.5 Å². The lowest BCUT2D eigenvalue weighted by Crippen LogP contribution is -2.44. The number of primary amides is 1. The lowest BCUT2D eigenvalue weighted by Gasteiger charge is -2.32. The fourth-order valence-corrected chi connectivity index (χ4v) is 5.13. The van der Waals surface area contributed by atoms with Crippen LogP contribution in [-0.4, -0.2) is 57.8 Å². The Bertz CT molecular complexity index is 1480. The fraction of sp³-hybridized carbons (Fsp3) is 0.310. The van der Waals surface area contributed by atoms with E-state index in [1.54, 1.807) is 29.1 Å². The smallest absolute Gasteiger partial charge is 0.314 e. The molecule has 1 fully saturated rings. The first-order valence-electron chi connectivity index (χ1n) is 13.1. The van der Waals surface area contributed by atoms with Crippen LogP contribution in [0.15, 0.2) is 60.9 Å². The highest BCUT2D eigenvalue weighted by molar-refractivity contribution is 6.06. The number of anilines is 1. The molecule has 4 N–H and O–H groups in total. The zero-order valence-corrected chi connectivity index (χ0v) is 22.2. The maximum absolute atomic E-state index is 13.7. The zero-order chi connectivity index (χ0) is 27.4. The number of aryl methyl sites for hydroxylation is 1. The van der Waals surface area contributed by atoms with E-state index in [1.807, 2.05) is 55.5 Å². The number of hydrogen-bond acceptors (Lipinski definition) is 6. The number of urea groups is 1. The van der Waals surface area contributed by atoms with Gasteiger partial charge in [-0.3, -0.25) is 4.79 Å². The molecule has 39 heavy (non-hydrogen) atoms. The fourth-order valence-electron chi connectivity index (χ4n) is 5.13. The van der Waals surface area contributed by atoms with Gasteiger partial charge in [-0.25, -0.2) is 14.5 Å². The number of ether oxygens (including phenoxy) is 1. The first-order valence-corrected chi connectivity index (χ1v) is 13.1. The summed E-state index contributed by atoms with van der Waals surface area (Å²) in [5, 5.41) is 11.9. The summed E-state index contributed by atoms with van der Waals surface area (Å²) in [6.45, 7) is 4.06. The van der Waals surface area contributed by atoms with Crippen molar-refractivity contribution in [3.63, 3.8) is 0 Å². The van der Waals surface area contributed by atoms with E-state index < -0.39 is 6.03 Å². The number of rotatable bonds is 8. The predicted octanol–water partition coefficient (Wildman–Crippen LogP) is 4.01. The van der Waals surface area contributed by atoms with Crippen LogP contribution in [0.3, 0.4) is 0 Å². The Labute approximate surface area is 227 Å². The van der Waals surface area contributed by atoms with E-state index in [0.717, 1.165) is 34.9 Å². The first kappa shape index (κ1) is 26.0. The van der Waals surface area contributed by atoms with Crippen molar-refractivity contribution in [3.8, 4) is 16.9 Å². The molecule has 0 atom stereocenters. The number of carbonyl (C=O) groups is 2. The number of carbonyl (C=O) groups excluding carboxylic acids is 2. The summed E-state index contributed by atoms with van der Waals surface area (Å²) < 4.78 is 7.45. The van der Waals surface area contributed by atoms with E-state index >= 15 is 0 Å². The highest BCUT2D eigenvalue weighted by atomic mass is 16.5. The largest absolute Gasteiger partial charge is 0.496 e. The van der Waals surface area contributed by atoms with E-state index in [9.17, 15) is 9.59 Å². The molecule has 2 aromatic carbocycles. The predicted molar refractivity (Wildman–Crippen MR) is 151 cm³/mol. The Hall–Kier alpha value is -4.60. The van der Waals surface area contributed by atoms with E-state index in [0.29, 0.717) is 42.3 Å². The third-order valence-corrected chi connectivity index (χ3v) is 7.23. The minimum absolute atomic E-state index is 0.0710. The van der Waals surface area contributed by atoms with Crippen LogP contribution in [-0.2, 0) is 13.1 Å². The number of likely N-dealkylation sites (tertiary alicyclic amines) is 1. The molecule has 0 aliphatic carbocycles. The maximum atomic E-state index is 13.7. The second kappa shape index (κ2) is 11.4. The van der Waals surface area contributed by atoms with E-state index in [2.05, 4.69) is 20.7 Å². The molecule has 0 spiro atoms. The van der Waals surface area contributed by atoms with Crippen LogP contribution in [0.2, 0.25) is 0 Å². The number of hydrogen-bond donors (Lipinski definition) is 3. The van der Waals surface area contributed by atoms with Crippen molar-refractivity contribution in [1.82, 2.24) is 25.0 Å². The zero-order valence-electron chi connectivity index (χ0n) is 22.2. The van der Waals surface area contributed by atoms with Gasteiger partial charge in [0.25, 0.3) is 5.91 Å². The van der Waals surface area contributed by atoms with Gasteiger partial charge < -0.3 is 26.0 Å². The molecule has 10 nitrogen and oxygen atoms in total. The number of nitrogens with zero attached hydrogens (tertiary/aromatic N) is 4. The van der Waals surface area contributed by atoms with Crippen molar-refractivity contribution in [2.24, 2.45) is 5.73 Å². The Kier molecular flexibility index (Phi) is 7.62. The quantitative estimate of drug-likeness (QED) is 0.318. The molecule has 3 heterocycles. The average Bonchev–Trinajstić information content (AvgIpc) is 3.40. The molecule has 1 aliphatic rings. The molecule has 4 aromatic rings. The van der Waals surface area contributed by atoms with Crippen LogP contribution < -0.4 is 21.1 Å². The van der Waals surface area contributed by atoms with Gasteiger partial charge in [-0.15, -0.1) is 0 Å². The van der Waals surface area contributed by atoms with Gasteiger partial charge in [-0.2, -0.15) is 5.10 Å². The van der Waals surface area contributed by atoms with Crippen molar-refractivity contribution < 1.29 is 14.3 Å². The molecule has 0 radical (unpaired) electrons. The third-order valence-electron chi connectivity index (χ3n) is 7.23. The van der Waals surface area contributed by atoms with Crippen LogP contribution in [0.5, 0.6) is 5.75 Å². The van der Waals surface area contributed by atoms with Crippen LogP contribution >= 0.6 is 0 Å². The summed E-state index contributed by atoms with van der Waals surface area (Å²) in [5.74, 6) is 0.449. The molecule has 2 aromatic heterocycles. The lowest BCUT2D eigenvalue weighted by molar-refractivity contribution is 0.0951. The van der Waals surface area contributed by atoms with Gasteiger partial charge in [0.05, 0.1) is 29.9 Å². The number of pyridine rings is 1. The maximum Gasteiger partial charge on any atom is 0.314 e. The standard InChI is InChI=1S/C29H33N7O3/c1-3-36-27-23(18-33-36)26(34-20-12-14-35(15-13-20)29(30)38)24(17-31-27)28(37)32-16-22-21(10-7-11-25(22)39-2)19-8-5-4-6-9-19/h4-11,17-18,20H,3,12-16H2,1-2H3,(H2,30,38)(H,31,34)(H,32,37). The molecule has 5 rings (SSSR count). The summed E-state index contributed by atoms with van der Waals surface area (Å²) in [4.78, 5) is 31.5. The monoisotopic (exact) mass is 527 g/mol. The van der Waals surface area contributed by atoms with Crippen LogP contribution in [0.25, 0.3) is 22.2 Å². The second-order valence-corrected chi connectivity index (χ2v) is 9.52. The molecule has 1 aliphatic heterocycles. The summed E-state index contributed by atoms with van der Waals surface area (Å²) >= 11 is 0. The number of benzene rings is 2. The summed E-state index contributed by atoms with van der Waals surface area (Å²) in [5.41, 5.74) is 10.2. The summed E-state index contributed by atoms with van der Waals surface area (Å²) in [7, 11) is 1.63. The highest BCUT2D eigenvalue weighted by Gasteiger charge is 2.25. The molecule has 10 heteroatoms. The number of nitrogens with one attached hydrogen (secondary N) is 2. The molecule has 0 saturated carbocycles. The van der Waals surface area contributed by atoms with Crippen LogP contribution in [0, 0.1) is 0 Å². The van der Waals surface area contributed by atoms with Gasteiger partial charge in [0.1, 0.15) is 5.75 Å². The van der Waals surface area contributed by atoms with Gasteiger partial charge in [-0.05, 0) is 37.0 Å². The molecule has 0 bridgehead atoms. The number of piperidine rings is 1. The van der Waals surface area contributed by atoms with Gasteiger partial charge in [0.2, 0.25) is 0 Å². The number of amides is 3. The van der Waals surface area contributed by atoms with Gasteiger partial charge in [0, 0.05) is 44.0 Å². The SMILES string of the molecule is CCn1ncc2c(NC3CCN(C(N)=O)CC3)c(C(=O)NCc3c(OC)cccc3-c3ccccc3)cnc21. The Balaban J connectivity index is 1.43.